The molecule has 8 heteroatoms. The molecule has 0 saturated carbocycles. The van der Waals surface area contributed by atoms with Crippen molar-refractivity contribution in [2.75, 3.05) is 31.2 Å². The minimum atomic E-state index is -0.124. The van der Waals surface area contributed by atoms with Crippen molar-refractivity contribution in [2.45, 2.75) is 12.5 Å². The van der Waals surface area contributed by atoms with Crippen LogP contribution < -0.4 is 15.2 Å². The maximum Gasteiger partial charge on any atom is 0.255 e. The molecular formula is C21H21N5O3. The van der Waals surface area contributed by atoms with E-state index in [2.05, 4.69) is 27.0 Å². The maximum atomic E-state index is 12.6. The number of hydrogen-bond acceptors (Lipinski definition) is 7. The lowest BCUT2D eigenvalue weighted by atomic mass is 10.0. The van der Waals surface area contributed by atoms with Gasteiger partial charge in [-0.2, -0.15) is 0 Å². The van der Waals surface area contributed by atoms with Crippen molar-refractivity contribution in [3.05, 3.63) is 64.3 Å². The lowest BCUT2D eigenvalue weighted by Gasteiger charge is -2.34. The van der Waals surface area contributed by atoms with Crippen LogP contribution >= 0.6 is 0 Å². The Bertz CT molecular complexity index is 1100. The molecule has 1 aromatic carbocycles. The second-order valence-electron chi connectivity index (χ2n) is 7.20. The highest BCUT2D eigenvalue weighted by Crippen LogP contribution is 2.31. The molecule has 29 heavy (non-hydrogen) atoms. The Labute approximate surface area is 167 Å². The van der Waals surface area contributed by atoms with Crippen LogP contribution in [0, 0.1) is 0 Å². The third-order valence-corrected chi connectivity index (χ3v) is 5.39. The first-order valence-electron chi connectivity index (χ1n) is 9.66. The van der Waals surface area contributed by atoms with Gasteiger partial charge in [-0.05, 0) is 29.3 Å². The Hall–Kier alpha value is -3.26. The van der Waals surface area contributed by atoms with Crippen molar-refractivity contribution >= 4 is 5.95 Å². The van der Waals surface area contributed by atoms with Crippen LogP contribution in [-0.4, -0.2) is 45.8 Å². The second-order valence-corrected chi connectivity index (χ2v) is 7.20. The van der Waals surface area contributed by atoms with Crippen LogP contribution in [0.5, 0.6) is 5.75 Å². The number of nitrogens with zero attached hydrogens (tertiary/aromatic N) is 5. The molecule has 0 spiro atoms. The molecule has 0 amide bonds. The molecule has 148 valence electrons. The number of ether oxygens (including phenoxy) is 2. The second kappa shape index (κ2) is 7.29. The first kappa shape index (κ1) is 17.8. The Morgan fingerprint density at radius 1 is 1.14 bits per heavy atom. The largest absolute Gasteiger partial charge is 0.493 e. The Morgan fingerprint density at radius 2 is 2.07 bits per heavy atom. The molecule has 2 aliphatic rings. The van der Waals surface area contributed by atoms with Gasteiger partial charge in [0.15, 0.2) is 0 Å². The summed E-state index contributed by atoms with van der Waals surface area (Å²) in [4.78, 5) is 27.6. The molecule has 2 aliphatic heterocycles. The van der Waals surface area contributed by atoms with Gasteiger partial charge >= 0.3 is 0 Å². The van der Waals surface area contributed by atoms with Gasteiger partial charge in [-0.3, -0.25) is 9.36 Å². The minimum absolute atomic E-state index is 0.0886. The average Bonchev–Trinajstić information content (AvgIpc) is 3.24. The summed E-state index contributed by atoms with van der Waals surface area (Å²) >= 11 is 0. The number of morpholine rings is 1. The average molecular weight is 391 g/mol. The van der Waals surface area contributed by atoms with Gasteiger partial charge in [0, 0.05) is 32.3 Å². The molecule has 0 N–H and O–H groups in total. The van der Waals surface area contributed by atoms with Gasteiger partial charge < -0.3 is 14.4 Å². The maximum absolute atomic E-state index is 12.6. The van der Waals surface area contributed by atoms with E-state index >= 15 is 0 Å². The van der Waals surface area contributed by atoms with Crippen LogP contribution in [-0.2, 0) is 18.2 Å². The SMILES string of the molecule is Cn1c(N2CCOC(c3ccc4c(c3)CCO4)C2)nc(-c2ccncn2)cc1=O. The fraction of sp³-hybridized carbons (Fsp3) is 0.333. The highest BCUT2D eigenvalue weighted by molar-refractivity contribution is 5.55. The van der Waals surface area contributed by atoms with Crippen molar-refractivity contribution in [3.8, 4) is 17.1 Å². The lowest BCUT2D eigenvalue weighted by Crippen LogP contribution is -2.41. The smallest absolute Gasteiger partial charge is 0.255 e. The normalized spacial score (nSPS) is 18.4. The number of anilines is 1. The summed E-state index contributed by atoms with van der Waals surface area (Å²) in [6.07, 6.45) is 3.94. The van der Waals surface area contributed by atoms with Gasteiger partial charge in [0.1, 0.15) is 18.2 Å². The lowest BCUT2D eigenvalue weighted by molar-refractivity contribution is 0.0389. The molecule has 0 radical (unpaired) electrons. The molecule has 1 fully saturated rings. The fourth-order valence-corrected chi connectivity index (χ4v) is 3.82. The van der Waals surface area contributed by atoms with Gasteiger partial charge in [-0.1, -0.05) is 6.07 Å². The van der Waals surface area contributed by atoms with Crippen molar-refractivity contribution < 1.29 is 9.47 Å². The molecule has 1 atom stereocenters. The number of fused-ring (bicyclic) bond motifs is 1. The van der Waals surface area contributed by atoms with E-state index in [4.69, 9.17) is 14.5 Å². The molecule has 1 saturated heterocycles. The van der Waals surface area contributed by atoms with E-state index in [1.165, 1.54) is 18.0 Å². The Kier molecular flexibility index (Phi) is 4.48. The summed E-state index contributed by atoms with van der Waals surface area (Å²) in [6, 6.07) is 9.50. The molecule has 1 unspecified atom stereocenters. The molecule has 5 rings (SSSR count). The number of benzene rings is 1. The molecule has 8 nitrogen and oxygen atoms in total. The third kappa shape index (κ3) is 3.36. The summed E-state index contributed by atoms with van der Waals surface area (Å²) in [7, 11) is 1.74. The quantitative estimate of drug-likeness (QED) is 0.673. The van der Waals surface area contributed by atoms with E-state index in [9.17, 15) is 4.79 Å². The van der Waals surface area contributed by atoms with Crippen LogP contribution in [0.1, 0.15) is 17.2 Å². The van der Waals surface area contributed by atoms with Gasteiger partial charge in [-0.25, -0.2) is 15.0 Å². The minimum Gasteiger partial charge on any atom is -0.493 e. The summed E-state index contributed by atoms with van der Waals surface area (Å²) in [5.41, 5.74) is 3.39. The molecular weight excluding hydrogens is 370 g/mol. The highest BCUT2D eigenvalue weighted by atomic mass is 16.5. The van der Waals surface area contributed by atoms with Crippen molar-refractivity contribution in [1.29, 1.82) is 0 Å². The molecule has 0 bridgehead atoms. The summed E-state index contributed by atoms with van der Waals surface area (Å²) in [5.74, 6) is 1.58. The number of hydrogen-bond donors (Lipinski definition) is 0. The van der Waals surface area contributed by atoms with Crippen LogP contribution in [0.15, 0.2) is 47.7 Å². The van der Waals surface area contributed by atoms with Gasteiger partial charge in [0.25, 0.3) is 5.56 Å². The third-order valence-electron chi connectivity index (χ3n) is 5.39. The zero-order chi connectivity index (χ0) is 19.8. The van der Waals surface area contributed by atoms with Crippen LogP contribution in [0.2, 0.25) is 0 Å². The van der Waals surface area contributed by atoms with Crippen LogP contribution in [0.4, 0.5) is 5.95 Å². The van der Waals surface area contributed by atoms with E-state index in [0.29, 0.717) is 37.0 Å². The van der Waals surface area contributed by atoms with E-state index in [1.54, 1.807) is 23.9 Å². The first-order valence-corrected chi connectivity index (χ1v) is 9.66. The molecule has 3 aromatic rings. The van der Waals surface area contributed by atoms with Crippen molar-refractivity contribution in [3.63, 3.8) is 0 Å². The van der Waals surface area contributed by atoms with Gasteiger partial charge in [-0.15, -0.1) is 0 Å². The van der Waals surface area contributed by atoms with Crippen molar-refractivity contribution in [2.24, 2.45) is 7.05 Å². The zero-order valence-corrected chi connectivity index (χ0v) is 16.1. The Morgan fingerprint density at radius 3 is 2.93 bits per heavy atom. The summed E-state index contributed by atoms with van der Waals surface area (Å²) in [5, 5.41) is 0. The fourth-order valence-electron chi connectivity index (χ4n) is 3.82. The zero-order valence-electron chi connectivity index (χ0n) is 16.1. The van der Waals surface area contributed by atoms with Crippen LogP contribution in [0.25, 0.3) is 11.4 Å². The van der Waals surface area contributed by atoms with E-state index < -0.39 is 0 Å². The molecule has 0 aliphatic carbocycles. The van der Waals surface area contributed by atoms with E-state index in [0.717, 1.165) is 24.3 Å². The molecule has 4 heterocycles. The topological polar surface area (TPSA) is 82.4 Å². The number of rotatable bonds is 3. The van der Waals surface area contributed by atoms with Gasteiger partial charge in [0.05, 0.1) is 31.1 Å². The van der Waals surface area contributed by atoms with Crippen molar-refractivity contribution in [1.82, 2.24) is 19.5 Å². The standard InChI is InChI=1S/C21H21N5O3/c1-25-20(27)11-17(16-4-6-22-13-23-16)24-21(25)26-7-9-29-19(12-26)14-2-3-18-15(10-14)5-8-28-18/h2-4,6,10-11,13,19H,5,7-9,12H2,1H3. The van der Waals surface area contributed by atoms with E-state index in [1.807, 2.05) is 6.07 Å². The molecule has 2 aromatic heterocycles. The van der Waals surface area contributed by atoms with E-state index in [-0.39, 0.29) is 11.7 Å². The first-order chi connectivity index (χ1) is 14.2. The van der Waals surface area contributed by atoms with Gasteiger partial charge in [0.2, 0.25) is 5.95 Å². The highest BCUT2D eigenvalue weighted by Gasteiger charge is 2.26. The number of aromatic nitrogens is 4. The summed E-state index contributed by atoms with van der Waals surface area (Å²) < 4.78 is 13.2. The predicted octanol–water partition coefficient (Wildman–Crippen LogP) is 1.75. The monoisotopic (exact) mass is 391 g/mol. The summed E-state index contributed by atoms with van der Waals surface area (Å²) in [6.45, 7) is 2.58. The Balaban J connectivity index is 1.46. The van der Waals surface area contributed by atoms with Crippen LogP contribution in [0.3, 0.4) is 0 Å². The predicted molar refractivity (Wildman–Crippen MR) is 107 cm³/mol.